The van der Waals surface area contributed by atoms with Crippen molar-refractivity contribution in [2.45, 2.75) is 30.6 Å². The number of aromatic nitrogens is 1. The van der Waals surface area contributed by atoms with E-state index >= 15 is 0 Å². The number of nitrogens with one attached hydrogen (secondary N) is 1. The standard InChI is InChI=1S/C13H20N2O4S/c1-15-7-6-12(9-15)20(18,19)14-8-10-2-4-11(5-3-10)13(16)17/h6-7,9-11,14H,2-5,8H2,1H3,(H,16,17). The minimum absolute atomic E-state index is 0.226. The average molecular weight is 300 g/mol. The number of rotatable bonds is 5. The fourth-order valence-corrected chi connectivity index (χ4v) is 3.73. The maximum Gasteiger partial charge on any atom is 0.306 e. The molecule has 0 atom stereocenters. The van der Waals surface area contributed by atoms with Gasteiger partial charge in [0.1, 0.15) is 0 Å². The predicted molar refractivity (Wildman–Crippen MR) is 73.7 cm³/mol. The third-order valence-electron chi connectivity index (χ3n) is 3.87. The number of aryl methyl sites for hydroxylation is 1. The van der Waals surface area contributed by atoms with Crippen LogP contribution in [0.2, 0.25) is 0 Å². The molecule has 0 aromatic carbocycles. The summed E-state index contributed by atoms with van der Waals surface area (Å²) in [5, 5.41) is 8.92. The summed E-state index contributed by atoms with van der Waals surface area (Å²) in [6.45, 7) is 0.379. The zero-order valence-electron chi connectivity index (χ0n) is 11.4. The molecule has 6 nitrogen and oxygen atoms in total. The largest absolute Gasteiger partial charge is 0.481 e. The van der Waals surface area contributed by atoms with E-state index in [0.29, 0.717) is 19.4 Å². The van der Waals surface area contributed by atoms with Crippen molar-refractivity contribution in [3.63, 3.8) is 0 Å². The van der Waals surface area contributed by atoms with Crippen molar-refractivity contribution in [1.29, 1.82) is 0 Å². The lowest BCUT2D eigenvalue weighted by Crippen LogP contribution is -2.32. The second-order valence-electron chi connectivity index (χ2n) is 5.42. The number of carboxylic acid groups (broad SMARTS) is 1. The van der Waals surface area contributed by atoms with Crippen LogP contribution in [0, 0.1) is 11.8 Å². The van der Waals surface area contributed by atoms with Crippen molar-refractivity contribution < 1.29 is 18.3 Å². The quantitative estimate of drug-likeness (QED) is 0.855. The molecule has 1 heterocycles. The Labute approximate surface area is 118 Å². The van der Waals surface area contributed by atoms with Gasteiger partial charge in [0.2, 0.25) is 10.0 Å². The molecule has 112 valence electrons. The van der Waals surface area contributed by atoms with Gasteiger partial charge in [-0.2, -0.15) is 0 Å². The van der Waals surface area contributed by atoms with Gasteiger partial charge >= 0.3 is 5.97 Å². The number of nitrogens with zero attached hydrogens (tertiary/aromatic N) is 1. The molecular formula is C13H20N2O4S. The number of sulfonamides is 1. The maximum atomic E-state index is 12.0. The molecule has 1 aliphatic carbocycles. The fraction of sp³-hybridized carbons (Fsp3) is 0.615. The Balaban J connectivity index is 1.86. The van der Waals surface area contributed by atoms with Crippen molar-refractivity contribution in [3.05, 3.63) is 18.5 Å². The SMILES string of the molecule is Cn1ccc(S(=O)(=O)NCC2CCC(C(=O)O)CC2)c1. The minimum Gasteiger partial charge on any atom is -0.481 e. The lowest BCUT2D eigenvalue weighted by Gasteiger charge is -2.26. The van der Waals surface area contributed by atoms with Gasteiger partial charge in [0.25, 0.3) is 0 Å². The highest BCUT2D eigenvalue weighted by atomic mass is 32.2. The van der Waals surface area contributed by atoms with Crippen LogP contribution in [0.5, 0.6) is 0 Å². The first kappa shape index (κ1) is 15.1. The number of carbonyl (C=O) groups is 1. The molecule has 0 spiro atoms. The first-order valence-corrected chi connectivity index (χ1v) is 8.21. The van der Waals surface area contributed by atoms with Crippen molar-refractivity contribution in [3.8, 4) is 0 Å². The monoisotopic (exact) mass is 300 g/mol. The maximum absolute atomic E-state index is 12.0. The topological polar surface area (TPSA) is 88.4 Å². The van der Waals surface area contributed by atoms with Crippen LogP contribution in [-0.4, -0.2) is 30.6 Å². The molecule has 0 unspecified atom stereocenters. The summed E-state index contributed by atoms with van der Waals surface area (Å²) >= 11 is 0. The highest BCUT2D eigenvalue weighted by Crippen LogP contribution is 2.28. The van der Waals surface area contributed by atoms with E-state index in [4.69, 9.17) is 5.11 Å². The molecule has 2 rings (SSSR count). The van der Waals surface area contributed by atoms with Crippen molar-refractivity contribution in [2.75, 3.05) is 6.54 Å². The summed E-state index contributed by atoms with van der Waals surface area (Å²) in [7, 11) is -1.69. The van der Waals surface area contributed by atoms with Gasteiger partial charge in [-0.3, -0.25) is 4.79 Å². The third kappa shape index (κ3) is 3.61. The summed E-state index contributed by atoms with van der Waals surface area (Å²) in [5.41, 5.74) is 0. The number of aliphatic carboxylic acids is 1. The van der Waals surface area contributed by atoms with E-state index in [0.717, 1.165) is 12.8 Å². The Morgan fingerprint density at radius 2 is 2.05 bits per heavy atom. The van der Waals surface area contributed by atoms with Gasteiger partial charge in [0.05, 0.1) is 10.8 Å². The van der Waals surface area contributed by atoms with Crippen LogP contribution in [-0.2, 0) is 21.9 Å². The van der Waals surface area contributed by atoms with Crippen LogP contribution < -0.4 is 4.72 Å². The Kier molecular flexibility index (Phi) is 4.49. The van der Waals surface area contributed by atoms with Crippen molar-refractivity contribution >= 4 is 16.0 Å². The second kappa shape index (κ2) is 5.97. The Hall–Kier alpha value is -1.34. The second-order valence-corrected chi connectivity index (χ2v) is 7.19. The summed E-state index contributed by atoms with van der Waals surface area (Å²) in [4.78, 5) is 11.1. The van der Waals surface area contributed by atoms with Gasteiger partial charge in [-0.05, 0) is 37.7 Å². The van der Waals surface area contributed by atoms with Gasteiger partial charge in [-0.15, -0.1) is 0 Å². The summed E-state index contributed by atoms with van der Waals surface area (Å²) in [6.07, 6.45) is 6.03. The van der Waals surface area contributed by atoms with E-state index in [1.165, 1.54) is 0 Å². The van der Waals surface area contributed by atoms with Crippen LogP contribution in [0.1, 0.15) is 25.7 Å². The van der Waals surface area contributed by atoms with Gasteiger partial charge in [0.15, 0.2) is 0 Å². The van der Waals surface area contributed by atoms with E-state index in [1.807, 2.05) is 0 Å². The molecule has 1 aromatic heterocycles. The molecule has 0 saturated heterocycles. The average Bonchev–Trinajstić information content (AvgIpc) is 2.84. The van der Waals surface area contributed by atoms with Crippen LogP contribution in [0.3, 0.4) is 0 Å². The molecule has 1 aliphatic rings. The van der Waals surface area contributed by atoms with Crippen LogP contribution in [0.15, 0.2) is 23.4 Å². The van der Waals surface area contributed by atoms with E-state index in [-0.39, 0.29) is 16.7 Å². The predicted octanol–water partition coefficient (Wildman–Crippen LogP) is 1.19. The smallest absolute Gasteiger partial charge is 0.306 e. The van der Waals surface area contributed by atoms with Crippen LogP contribution in [0.25, 0.3) is 0 Å². The molecule has 0 bridgehead atoms. The van der Waals surface area contributed by atoms with E-state index < -0.39 is 16.0 Å². The molecule has 2 N–H and O–H groups in total. The number of carboxylic acids is 1. The van der Waals surface area contributed by atoms with Crippen molar-refractivity contribution in [1.82, 2.24) is 9.29 Å². The van der Waals surface area contributed by atoms with Crippen LogP contribution >= 0.6 is 0 Å². The van der Waals surface area contributed by atoms with Gasteiger partial charge < -0.3 is 9.67 Å². The van der Waals surface area contributed by atoms with Crippen LogP contribution in [0.4, 0.5) is 0 Å². The molecule has 1 fully saturated rings. The molecular weight excluding hydrogens is 280 g/mol. The molecule has 7 heteroatoms. The normalized spacial score (nSPS) is 23.6. The Bertz CT molecular complexity index is 571. The van der Waals surface area contributed by atoms with Crippen molar-refractivity contribution in [2.24, 2.45) is 18.9 Å². The highest BCUT2D eigenvalue weighted by molar-refractivity contribution is 7.89. The number of hydrogen-bond donors (Lipinski definition) is 2. The van der Waals surface area contributed by atoms with E-state index in [2.05, 4.69) is 4.72 Å². The Morgan fingerprint density at radius 3 is 2.55 bits per heavy atom. The highest BCUT2D eigenvalue weighted by Gasteiger charge is 2.27. The van der Waals surface area contributed by atoms with E-state index in [9.17, 15) is 13.2 Å². The third-order valence-corrected chi connectivity index (χ3v) is 5.28. The summed E-state index contributed by atoms with van der Waals surface area (Å²) < 4.78 is 28.4. The summed E-state index contributed by atoms with van der Waals surface area (Å²) in [6, 6.07) is 1.56. The molecule has 0 amide bonds. The summed E-state index contributed by atoms with van der Waals surface area (Å²) in [5.74, 6) is -0.783. The molecule has 1 aromatic rings. The molecule has 0 radical (unpaired) electrons. The number of hydrogen-bond acceptors (Lipinski definition) is 3. The lowest BCUT2D eigenvalue weighted by molar-refractivity contribution is -0.143. The first-order chi connectivity index (χ1) is 9.38. The fourth-order valence-electron chi connectivity index (χ4n) is 2.56. The molecule has 0 aliphatic heterocycles. The van der Waals surface area contributed by atoms with E-state index in [1.54, 1.807) is 30.1 Å². The zero-order valence-corrected chi connectivity index (χ0v) is 12.3. The van der Waals surface area contributed by atoms with Gasteiger partial charge in [0, 0.05) is 26.0 Å². The molecule has 20 heavy (non-hydrogen) atoms. The molecule has 1 saturated carbocycles. The Morgan fingerprint density at radius 1 is 1.40 bits per heavy atom. The zero-order chi connectivity index (χ0) is 14.8. The first-order valence-electron chi connectivity index (χ1n) is 6.73. The van der Waals surface area contributed by atoms with Gasteiger partial charge in [-0.1, -0.05) is 0 Å². The van der Waals surface area contributed by atoms with Gasteiger partial charge in [-0.25, -0.2) is 13.1 Å². The lowest BCUT2D eigenvalue weighted by atomic mass is 9.82. The minimum atomic E-state index is -3.46.